The molecule has 132 heavy (non-hydrogen) atoms. The zero-order valence-corrected chi connectivity index (χ0v) is 87.7. The van der Waals surface area contributed by atoms with Gasteiger partial charge in [0, 0.05) is 0 Å². The lowest BCUT2D eigenvalue weighted by Crippen LogP contribution is -2.34. The molecule has 21 rings (SSSR count). The minimum Gasteiger partial charge on any atom is -0.0683 e. The Kier molecular flexibility index (Phi) is 41.8. The first-order valence-corrected chi connectivity index (χ1v) is 51.1. The molecule has 0 amide bonds. The molecule has 0 saturated carbocycles. The van der Waals surface area contributed by atoms with E-state index >= 15 is 0 Å². The standard InChI is InChI=1S/3C36H30.12C2H6/c1-23-17-24(2)19-27(18-23)20-26-15-16-34-31(21-26)30-12-8-9-25(3)35(30)36(34)32-13-6-4-10-28(32)22-29-11-5-7-14-33(29)36;1-23-17-24(2)19-27(18-23)20-26-15-16-30-34(21-26)36(33-14-8-9-25(3)35(30)33)31-12-6-4-10-28(31)22-29-11-5-7-13-32(29)36;1-23-12-14-30-31-21-26(20-27-17-24(2)16-25(3)18-27)13-15-34(31)36(35(30)19-23)32-10-6-4-8-28(32)22-29-9-5-7-11-33(29)36;12*1-2/h3*4-19,21H,20,22H2,1-3H3;12*1-2H3. The maximum atomic E-state index is 2.52. The van der Waals surface area contributed by atoms with E-state index in [-0.39, 0.29) is 16.2 Å². The number of benzene rings is 15. The van der Waals surface area contributed by atoms with Crippen LogP contribution in [-0.4, -0.2) is 0 Å². The Labute approximate surface area is 804 Å². The van der Waals surface area contributed by atoms with Gasteiger partial charge in [0.05, 0.1) is 16.2 Å². The average Bonchev–Trinajstić information content (AvgIpc) is 1.37. The largest absolute Gasteiger partial charge is 0.0721 e. The highest BCUT2D eigenvalue weighted by atomic mass is 14.5. The molecular weight excluding hydrogens is 1590 g/mol. The summed E-state index contributed by atoms with van der Waals surface area (Å²) in [6.07, 6.45) is 5.84. The van der Waals surface area contributed by atoms with Crippen LogP contribution in [0.25, 0.3) is 33.4 Å². The number of fused-ring (bicyclic) bond motifs is 27. The zero-order chi connectivity index (χ0) is 97.3. The quantitative estimate of drug-likeness (QED) is 0.156. The fraction of sp³-hybridized carbons (Fsp3) is 0.318. The number of hydrogen-bond donors (Lipinski definition) is 0. The highest BCUT2D eigenvalue weighted by molar-refractivity contribution is 5.92. The third-order valence-corrected chi connectivity index (χ3v) is 25.0. The molecule has 0 N–H and O–H groups in total. The molecule has 0 aromatic heterocycles. The fourth-order valence-corrected chi connectivity index (χ4v) is 21.3. The predicted molar refractivity (Wildman–Crippen MR) is 586 cm³/mol. The van der Waals surface area contributed by atoms with Gasteiger partial charge in [-0.25, -0.2) is 0 Å². The van der Waals surface area contributed by atoms with Crippen molar-refractivity contribution < 1.29 is 0 Å². The number of hydrogen-bond acceptors (Lipinski definition) is 0. The summed E-state index contributed by atoms with van der Waals surface area (Å²) in [6.45, 7) is 68.0. The van der Waals surface area contributed by atoms with E-state index in [1.54, 1.807) is 0 Å². The second kappa shape index (κ2) is 51.4. The molecule has 0 fully saturated rings. The molecule has 0 saturated heterocycles. The summed E-state index contributed by atoms with van der Waals surface area (Å²) in [5.41, 5.74) is 53.8. The summed E-state index contributed by atoms with van der Waals surface area (Å²) in [7, 11) is 0. The van der Waals surface area contributed by atoms with Crippen molar-refractivity contribution in [3.8, 4) is 33.4 Å². The van der Waals surface area contributed by atoms with Gasteiger partial charge in [0.15, 0.2) is 0 Å². The van der Waals surface area contributed by atoms with Crippen molar-refractivity contribution in [2.24, 2.45) is 0 Å². The van der Waals surface area contributed by atoms with E-state index < -0.39 is 0 Å². The Balaban J connectivity index is 0.000000242. The highest BCUT2D eigenvalue weighted by Gasteiger charge is 2.53. The van der Waals surface area contributed by atoms with E-state index in [1.165, 1.54) is 217 Å². The fourth-order valence-electron chi connectivity index (χ4n) is 21.3. The van der Waals surface area contributed by atoms with E-state index in [1.807, 2.05) is 166 Å². The van der Waals surface area contributed by atoms with Gasteiger partial charge in [0.2, 0.25) is 0 Å². The number of aryl methyl sites for hydroxylation is 9. The molecule has 3 spiro atoms. The van der Waals surface area contributed by atoms with Gasteiger partial charge < -0.3 is 0 Å². The summed E-state index contributed by atoms with van der Waals surface area (Å²) in [6, 6.07) is 118. The lowest BCUT2D eigenvalue weighted by molar-refractivity contribution is 0.717. The Bertz CT molecular complexity index is 6000. The molecule has 0 unspecified atom stereocenters. The molecule has 0 bridgehead atoms. The predicted octanol–water partition coefficient (Wildman–Crippen LogP) is 37.7. The van der Waals surface area contributed by atoms with Crippen LogP contribution in [0.1, 0.15) is 350 Å². The molecule has 0 aliphatic heterocycles. The van der Waals surface area contributed by atoms with Crippen LogP contribution in [-0.2, 0) is 54.8 Å². The summed E-state index contributed by atoms with van der Waals surface area (Å²) in [5, 5.41) is 0. The summed E-state index contributed by atoms with van der Waals surface area (Å²) in [5.74, 6) is 0. The first-order valence-electron chi connectivity index (χ1n) is 51.1. The van der Waals surface area contributed by atoms with Crippen LogP contribution in [0.2, 0.25) is 0 Å². The summed E-state index contributed by atoms with van der Waals surface area (Å²) in [4.78, 5) is 0. The molecule has 15 aromatic carbocycles. The molecule has 690 valence electrons. The molecule has 0 nitrogen and oxygen atoms in total. The lowest BCUT2D eigenvalue weighted by atomic mass is 9.61. The van der Waals surface area contributed by atoms with Crippen molar-refractivity contribution in [2.45, 2.75) is 283 Å². The zero-order valence-electron chi connectivity index (χ0n) is 87.7. The monoisotopic (exact) mass is 1750 g/mol. The van der Waals surface area contributed by atoms with Crippen LogP contribution in [0, 0.1) is 62.3 Å². The third kappa shape index (κ3) is 21.0. The van der Waals surface area contributed by atoms with E-state index in [9.17, 15) is 0 Å². The molecular formula is C132H162. The van der Waals surface area contributed by atoms with Gasteiger partial charge >= 0.3 is 0 Å². The van der Waals surface area contributed by atoms with Gasteiger partial charge in [-0.2, -0.15) is 0 Å². The average molecular weight is 1750 g/mol. The van der Waals surface area contributed by atoms with Crippen molar-refractivity contribution in [2.75, 3.05) is 0 Å². The van der Waals surface area contributed by atoms with Crippen LogP contribution in [0.3, 0.4) is 0 Å². The maximum Gasteiger partial charge on any atom is 0.0721 e. The van der Waals surface area contributed by atoms with Crippen LogP contribution in [0.5, 0.6) is 0 Å². The molecule has 0 heteroatoms. The van der Waals surface area contributed by atoms with Crippen molar-refractivity contribution >= 4 is 0 Å². The second-order valence-corrected chi connectivity index (χ2v) is 32.4. The van der Waals surface area contributed by atoms with Crippen molar-refractivity contribution in [1.29, 1.82) is 0 Å². The molecule has 0 heterocycles. The normalized spacial score (nSPS) is 12.2. The number of rotatable bonds is 6. The molecule has 0 radical (unpaired) electrons. The Morgan fingerprint density at radius 1 is 0.167 bits per heavy atom. The van der Waals surface area contributed by atoms with Gasteiger partial charge in [-0.3, -0.25) is 0 Å². The van der Waals surface area contributed by atoms with E-state index in [0.717, 1.165) is 38.5 Å². The lowest BCUT2D eigenvalue weighted by Gasteiger charge is -2.41. The topological polar surface area (TPSA) is 0 Å². The Hall–Kier alpha value is -11.7. The minimum atomic E-state index is -0.277. The van der Waals surface area contributed by atoms with E-state index in [0.29, 0.717) is 0 Å². The van der Waals surface area contributed by atoms with Gasteiger partial charge in [-0.1, -0.05) is 514 Å². The van der Waals surface area contributed by atoms with Crippen molar-refractivity contribution in [1.82, 2.24) is 0 Å². The summed E-state index contributed by atoms with van der Waals surface area (Å²) < 4.78 is 0. The van der Waals surface area contributed by atoms with Crippen LogP contribution in [0.15, 0.2) is 309 Å². The first-order chi connectivity index (χ1) is 64.6. The van der Waals surface area contributed by atoms with Crippen LogP contribution >= 0.6 is 0 Å². The maximum absolute atomic E-state index is 2.52. The molecule has 6 aliphatic rings. The SMILES string of the molecule is CC.CC.CC.CC.CC.CC.CC.CC.CC.CC.CC.CC.Cc1cc(C)cc(Cc2ccc3c(c2)-c2ccc(C)cc2C32c3ccccc3Cc3ccccc32)c1.Cc1cc(C)cc(Cc2ccc3c(c2)-c2cccc(C)c2C32c3ccccc3Cc3ccccc32)c1.Cc1cc(C)cc(Cc2ccc3c(c2)C2(c4ccccc4Cc4ccccc42)c2cccc(C)c2-3)c1. The molecule has 15 aromatic rings. The van der Waals surface area contributed by atoms with E-state index in [4.69, 9.17) is 0 Å². The smallest absolute Gasteiger partial charge is 0.0683 e. The van der Waals surface area contributed by atoms with Gasteiger partial charge in [-0.05, 0) is 279 Å². The molecule has 0 atom stereocenters. The second-order valence-electron chi connectivity index (χ2n) is 32.4. The van der Waals surface area contributed by atoms with Crippen LogP contribution < -0.4 is 0 Å². The van der Waals surface area contributed by atoms with Crippen LogP contribution in [0.4, 0.5) is 0 Å². The Morgan fingerprint density at radius 2 is 0.439 bits per heavy atom. The van der Waals surface area contributed by atoms with Gasteiger partial charge in [-0.15, -0.1) is 0 Å². The van der Waals surface area contributed by atoms with Gasteiger partial charge in [0.25, 0.3) is 0 Å². The van der Waals surface area contributed by atoms with Crippen molar-refractivity contribution in [3.05, 3.63) is 493 Å². The third-order valence-electron chi connectivity index (χ3n) is 25.0. The Morgan fingerprint density at radius 3 is 0.803 bits per heavy atom. The molecule has 6 aliphatic carbocycles. The highest BCUT2D eigenvalue weighted by Crippen LogP contribution is 2.64. The first kappa shape index (κ1) is 107. The van der Waals surface area contributed by atoms with Crippen molar-refractivity contribution in [3.63, 3.8) is 0 Å². The minimum absolute atomic E-state index is 0.263. The van der Waals surface area contributed by atoms with E-state index in [2.05, 4.69) is 372 Å². The van der Waals surface area contributed by atoms with Gasteiger partial charge in [0.1, 0.15) is 0 Å². The summed E-state index contributed by atoms with van der Waals surface area (Å²) >= 11 is 0.